The number of ether oxygens (including phenoxy) is 1. The number of hydrogen-bond acceptors (Lipinski definition) is 5. The lowest BCUT2D eigenvalue weighted by Crippen LogP contribution is -2.51. The zero-order valence-corrected chi connectivity index (χ0v) is 21.6. The number of cyclic esters (lactones) is 1. The lowest BCUT2D eigenvalue weighted by molar-refractivity contribution is -0.101. The van der Waals surface area contributed by atoms with Crippen molar-refractivity contribution in [2.24, 2.45) is 0 Å². The number of nitriles is 1. The molecule has 2 aromatic carbocycles. The summed E-state index contributed by atoms with van der Waals surface area (Å²) in [6.07, 6.45) is 4.14. The monoisotopic (exact) mass is 495 g/mol. The Morgan fingerprint density at radius 3 is 2.27 bits per heavy atom. The van der Waals surface area contributed by atoms with Crippen LogP contribution in [0.25, 0.3) is 11.1 Å². The number of nitrogens with zero attached hydrogens (tertiary/aromatic N) is 3. The molecule has 1 aliphatic heterocycles. The lowest BCUT2D eigenvalue weighted by atomic mass is 9.80. The van der Waals surface area contributed by atoms with Crippen LogP contribution in [-0.2, 0) is 15.8 Å². The molecule has 1 unspecified atom stereocenters. The first-order valence-corrected chi connectivity index (χ1v) is 12.9. The number of hydrogen-bond donors (Lipinski definition) is 1. The molecular formula is C31H33N3O3. The van der Waals surface area contributed by atoms with Crippen molar-refractivity contribution in [3.63, 3.8) is 0 Å². The summed E-state index contributed by atoms with van der Waals surface area (Å²) in [6, 6.07) is 24.1. The molecule has 1 saturated heterocycles. The summed E-state index contributed by atoms with van der Waals surface area (Å²) in [5.74, 6) is 0. The second-order valence-corrected chi connectivity index (χ2v) is 11.1. The molecule has 37 heavy (non-hydrogen) atoms. The quantitative estimate of drug-likeness (QED) is 0.418. The molecule has 3 aromatic rings. The zero-order chi connectivity index (χ0) is 26.3. The highest BCUT2D eigenvalue weighted by molar-refractivity contribution is 5.70. The van der Waals surface area contributed by atoms with E-state index in [0.717, 1.165) is 40.8 Å². The molecule has 2 atom stereocenters. The summed E-state index contributed by atoms with van der Waals surface area (Å²) in [4.78, 5) is 19.6. The third-order valence-corrected chi connectivity index (χ3v) is 7.70. The fraction of sp³-hybridized carbons (Fsp3) is 0.387. The van der Waals surface area contributed by atoms with E-state index >= 15 is 0 Å². The molecule has 1 saturated carbocycles. The third kappa shape index (κ3) is 4.97. The molecule has 1 N–H and O–H groups in total. The maximum Gasteiger partial charge on any atom is 0.411 e. The van der Waals surface area contributed by atoms with Crippen LogP contribution in [0.3, 0.4) is 0 Å². The van der Waals surface area contributed by atoms with E-state index in [0.29, 0.717) is 19.4 Å². The Bertz CT molecular complexity index is 1300. The zero-order valence-electron chi connectivity index (χ0n) is 21.6. The van der Waals surface area contributed by atoms with Gasteiger partial charge in [-0.05, 0) is 56.4 Å². The van der Waals surface area contributed by atoms with Gasteiger partial charge in [-0.15, -0.1) is 0 Å². The van der Waals surface area contributed by atoms with Gasteiger partial charge in [0.1, 0.15) is 5.60 Å². The first-order chi connectivity index (χ1) is 17.6. The van der Waals surface area contributed by atoms with E-state index in [1.165, 1.54) is 0 Å². The molecule has 2 aliphatic rings. The van der Waals surface area contributed by atoms with Crippen molar-refractivity contribution >= 4 is 6.09 Å². The van der Waals surface area contributed by atoms with E-state index in [9.17, 15) is 15.2 Å². The Hall–Kier alpha value is -3.69. The molecule has 6 nitrogen and oxygen atoms in total. The Morgan fingerprint density at radius 2 is 1.73 bits per heavy atom. The lowest BCUT2D eigenvalue weighted by Gasteiger charge is -2.45. The van der Waals surface area contributed by atoms with Crippen LogP contribution in [-0.4, -0.2) is 33.2 Å². The maximum atomic E-state index is 13.3. The summed E-state index contributed by atoms with van der Waals surface area (Å²) in [7, 11) is 0. The number of aromatic nitrogens is 1. The van der Waals surface area contributed by atoms with Gasteiger partial charge in [-0.25, -0.2) is 4.79 Å². The van der Waals surface area contributed by atoms with Crippen molar-refractivity contribution in [1.82, 2.24) is 9.88 Å². The van der Waals surface area contributed by atoms with Crippen LogP contribution in [0.1, 0.15) is 69.3 Å². The van der Waals surface area contributed by atoms with Crippen molar-refractivity contribution in [3.8, 4) is 17.2 Å². The highest BCUT2D eigenvalue weighted by Gasteiger charge is 2.47. The molecule has 0 radical (unpaired) electrons. The first-order valence-electron chi connectivity index (χ1n) is 12.9. The normalized spacial score (nSPS) is 21.6. The second-order valence-electron chi connectivity index (χ2n) is 11.1. The average Bonchev–Trinajstić information content (AvgIpc) is 3.70. The van der Waals surface area contributed by atoms with Gasteiger partial charge in [0.05, 0.1) is 28.8 Å². The van der Waals surface area contributed by atoms with Crippen molar-refractivity contribution in [3.05, 3.63) is 89.7 Å². The van der Waals surface area contributed by atoms with Crippen molar-refractivity contribution in [2.75, 3.05) is 6.54 Å². The smallest absolute Gasteiger partial charge is 0.411 e. The fourth-order valence-corrected chi connectivity index (χ4v) is 5.42. The number of rotatable bonds is 7. The number of pyridine rings is 1. The van der Waals surface area contributed by atoms with Gasteiger partial charge in [0.25, 0.3) is 0 Å². The van der Waals surface area contributed by atoms with E-state index in [4.69, 9.17) is 4.74 Å². The highest BCUT2D eigenvalue weighted by Crippen LogP contribution is 2.47. The average molecular weight is 496 g/mol. The maximum absolute atomic E-state index is 13.3. The minimum atomic E-state index is -0.985. The van der Waals surface area contributed by atoms with Crippen LogP contribution in [0.2, 0.25) is 0 Å². The van der Waals surface area contributed by atoms with E-state index in [2.05, 4.69) is 11.1 Å². The van der Waals surface area contributed by atoms with Crippen LogP contribution < -0.4 is 0 Å². The molecule has 6 heteroatoms. The van der Waals surface area contributed by atoms with Crippen LogP contribution in [0.5, 0.6) is 0 Å². The minimum Gasteiger partial charge on any atom is -0.438 e. The van der Waals surface area contributed by atoms with Crippen molar-refractivity contribution < 1.29 is 14.6 Å². The molecular weight excluding hydrogens is 462 g/mol. The van der Waals surface area contributed by atoms with Crippen molar-refractivity contribution in [2.45, 2.75) is 69.1 Å². The summed E-state index contributed by atoms with van der Waals surface area (Å²) >= 11 is 0. The summed E-state index contributed by atoms with van der Waals surface area (Å²) in [5.41, 5.74) is 2.57. The topological polar surface area (TPSA) is 86.5 Å². The van der Waals surface area contributed by atoms with Crippen LogP contribution in [0, 0.1) is 11.3 Å². The van der Waals surface area contributed by atoms with Gasteiger partial charge in [0.15, 0.2) is 0 Å². The van der Waals surface area contributed by atoms with E-state index in [-0.39, 0.29) is 17.6 Å². The third-order valence-electron chi connectivity index (χ3n) is 7.70. The van der Waals surface area contributed by atoms with E-state index < -0.39 is 11.2 Å². The Kier molecular flexibility index (Phi) is 6.29. The Labute approximate surface area is 218 Å². The van der Waals surface area contributed by atoms with Gasteiger partial charge in [-0.1, -0.05) is 60.7 Å². The molecule has 2 heterocycles. The summed E-state index contributed by atoms with van der Waals surface area (Å²) < 4.78 is 6.13. The number of carbonyl (C=O) groups is 1. The largest absolute Gasteiger partial charge is 0.438 e. The second kappa shape index (κ2) is 9.32. The molecule has 1 aliphatic carbocycles. The molecule has 0 spiro atoms. The van der Waals surface area contributed by atoms with Gasteiger partial charge in [0.2, 0.25) is 0 Å². The predicted octanol–water partition coefficient (Wildman–Crippen LogP) is 6.26. The van der Waals surface area contributed by atoms with E-state index in [1.54, 1.807) is 18.7 Å². The standard InChI is InChI=1S/C31H33N3O3/c1-22(23-9-11-24(12-10-23)25-13-14-27(33-19-25)30(21-32)15-16-30)34-18-17-31(37-28(34)35,20-29(2,3)36)26-7-5-4-6-8-26/h4-14,19,22,36H,15-18,20H2,1-3H3/t22-,31?/m0/s1. The van der Waals surface area contributed by atoms with Gasteiger partial charge in [0, 0.05) is 31.1 Å². The molecule has 190 valence electrons. The predicted molar refractivity (Wildman–Crippen MR) is 141 cm³/mol. The summed E-state index contributed by atoms with van der Waals surface area (Å²) in [5, 5.41) is 20.0. The summed E-state index contributed by atoms with van der Waals surface area (Å²) in [6.45, 7) is 6.03. The minimum absolute atomic E-state index is 0.164. The molecule has 2 fully saturated rings. The number of benzene rings is 2. The first kappa shape index (κ1) is 25.0. The van der Waals surface area contributed by atoms with Gasteiger partial charge in [-0.3, -0.25) is 4.98 Å². The molecule has 1 aromatic heterocycles. The number of amides is 1. The fourth-order valence-electron chi connectivity index (χ4n) is 5.42. The van der Waals surface area contributed by atoms with Gasteiger partial charge < -0.3 is 14.7 Å². The van der Waals surface area contributed by atoms with Gasteiger partial charge in [-0.2, -0.15) is 5.26 Å². The SMILES string of the molecule is C[C@@H](c1ccc(-c2ccc(C3(C#N)CC3)nc2)cc1)N1CCC(CC(C)(C)O)(c2ccccc2)OC1=O. The van der Waals surface area contributed by atoms with Crippen molar-refractivity contribution in [1.29, 1.82) is 5.26 Å². The molecule has 0 bridgehead atoms. The van der Waals surface area contributed by atoms with E-state index in [1.807, 2.05) is 79.9 Å². The van der Waals surface area contributed by atoms with Gasteiger partial charge >= 0.3 is 6.09 Å². The Morgan fingerprint density at radius 1 is 1.05 bits per heavy atom. The Balaban J connectivity index is 1.31. The molecule has 1 amide bonds. The number of aliphatic hydroxyl groups is 1. The number of carbonyl (C=O) groups excluding carboxylic acids is 1. The molecule has 5 rings (SSSR count). The van der Waals surface area contributed by atoms with Crippen LogP contribution >= 0.6 is 0 Å². The van der Waals surface area contributed by atoms with Crippen LogP contribution in [0.4, 0.5) is 4.79 Å². The van der Waals surface area contributed by atoms with Crippen LogP contribution in [0.15, 0.2) is 72.9 Å². The highest BCUT2D eigenvalue weighted by atomic mass is 16.6.